The molecule has 0 unspecified atom stereocenters. The third-order valence-electron chi connectivity index (χ3n) is 5.18. The Morgan fingerprint density at radius 1 is 1.12 bits per heavy atom. The van der Waals surface area contributed by atoms with E-state index >= 15 is 0 Å². The summed E-state index contributed by atoms with van der Waals surface area (Å²) in [5.74, 6) is 0.184. The lowest BCUT2D eigenvalue weighted by Gasteiger charge is -2.31. The fourth-order valence-electron chi connectivity index (χ4n) is 3.83. The van der Waals surface area contributed by atoms with Gasteiger partial charge in [-0.05, 0) is 37.7 Å². The summed E-state index contributed by atoms with van der Waals surface area (Å²) in [6, 6.07) is 10.8. The maximum absolute atomic E-state index is 13.0. The van der Waals surface area contributed by atoms with Gasteiger partial charge < -0.3 is 15.4 Å². The first-order valence-electron chi connectivity index (χ1n) is 8.98. The van der Waals surface area contributed by atoms with Gasteiger partial charge in [0, 0.05) is 19.1 Å². The summed E-state index contributed by atoms with van der Waals surface area (Å²) in [5.41, 5.74) is 6.97. The van der Waals surface area contributed by atoms with Gasteiger partial charge in [0.25, 0.3) is 5.91 Å². The Morgan fingerprint density at radius 3 is 2.46 bits per heavy atom. The lowest BCUT2D eigenvalue weighted by atomic mass is 10.1. The molecule has 0 spiro atoms. The predicted octanol–water partition coefficient (Wildman–Crippen LogP) is 2.93. The van der Waals surface area contributed by atoms with Crippen LogP contribution in [-0.2, 0) is 16.0 Å². The van der Waals surface area contributed by atoms with Crippen molar-refractivity contribution < 1.29 is 9.53 Å². The molecule has 134 valence electrons. The molecule has 1 aliphatic carbocycles. The molecule has 3 rings (SSSR count). The summed E-state index contributed by atoms with van der Waals surface area (Å²) in [5, 5.41) is 0. The summed E-state index contributed by atoms with van der Waals surface area (Å²) < 4.78 is 5.85. The summed E-state index contributed by atoms with van der Waals surface area (Å²) in [6.07, 6.45) is 7.15. The van der Waals surface area contributed by atoms with Gasteiger partial charge in [-0.2, -0.15) is 0 Å². The molecule has 1 aromatic rings. The van der Waals surface area contributed by atoms with Gasteiger partial charge in [0.15, 0.2) is 0 Å². The average Bonchev–Trinajstić information content (AvgIpc) is 3.27. The Bertz CT molecular complexity index is 505. The van der Waals surface area contributed by atoms with E-state index in [0.717, 1.165) is 38.6 Å². The average molecular weight is 353 g/mol. The van der Waals surface area contributed by atoms with E-state index in [1.165, 1.54) is 18.4 Å². The molecule has 24 heavy (non-hydrogen) atoms. The number of halogens is 1. The summed E-state index contributed by atoms with van der Waals surface area (Å²) in [4.78, 5) is 15.1. The van der Waals surface area contributed by atoms with Crippen molar-refractivity contribution in [2.75, 3.05) is 13.1 Å². The second-order valence-electron chi connectivity index (χ2n) is 6.77. The molecule has 4 nitrogen and oxygen atoms in total. The Balaban J connectivity index is 0.00000208. The topological polar surface area (TPSA) is 55.6 Å². The number of rotatable bonds is 6. The zero-order valence-corrected chi connectivity index (χ0v) is 15.0. The first-order chi connectivity index (χ1) is 11.3. The molecule has 1 heterocycles. The number of benzene rings is 1. The Morgan fingerprint density at radius 2 is 1.83 bits per heavy atom. The molecule has 1 saturated heterocycles. The van der Waals surface area contributed by atoms with Crippen LogP contribution in [0.4, 0.5) is 0 Å². The maximum atomic E-state index is 13.0. The number of amides is 1. The molecule has 1 amide bonds. The second-order valence-corrected chi connectivity index (χ2v) is 6.77. The van der Waals surface area contributed by atoms with Crippen LogP contribution in [0.5, 0.6) is 0 Å². The number of hydrogen-bond donors (Lipinski definition) is 1. The maximum Gasteiger partial charge on any atom is 0.251 e. The highest BCUT2D eigenvalue weighted by atomic mass is 35.5. The largest absolute Gasteiger partial charge is 0.364 e. The molecule has 0 aromatic heterocycles. The smallest absolute Gasteiger partial charge is 0.251 e. The van der Waals surface area contributed by atoms with Gasteiger partial charge >= 0.3 is 0 Å². The van der Waals surface area contributed by atoms with Crippen molar-refractivity contribution in [1.29, 1.82) is 0 Å². The van der Waals surface area contributed by atoms with Crippen molar-refractivity contribution in [3.05, 3.63) is 35.9 Å². The van der Waals surface area contributed by atoms with Gasteiger partial charge in [-0.25, -0.2) is 0 Å². The molecule has 1 aromatic carbocycles. The van der Waals surface area contributed by atoms with Crippen LogP contribution in [0.1, 0.15) is 44.1 Å². The molecule has 2 aliphatic rings. The molecular weight excluding hydrogens is 324 g/mol. The van der Waals surface area contributed by atoms with Gasteiger partial charge in [0.2, 0.25) is 0 Å². The molecule has 2 N–H and O–H groups in total. The highest BCUT2D eigenvalue weighted by Crippen LogP contribution is 2.27. The minimum Gasteiger partial charge on any atom is -0.364 e. The minimum absolute atomic E-state index is 0. The zero-order chi connectivity index (χ0) is 16.1. The van der Waals surface area contributed by atoms with Crippen molar-refractivity contribution in [1.82, 2.24) is 4.90 Å². The standard InChI is InChI=1S/C19H28N2O2.ClH/c20-14-17-10-11-18(23-17)19(22)21(16-8-4-5-9-16)13-12-15-6-2-1-3-7-15;/h1-3,6-7,16-18H,4-5,8-14,20H2;1H/t17-,18+;/m1./s1. The van der Waals surface area contributed by atoms with Crippen LogP contribution in [0.25, 0.3) is 0 Å². The van der Waals surface area contributed by atoms with E-state index in [-0.39, 0.29) is 30.5 Å². The van der Waals surface area contributed by atoms with Crippen molar-refractivity contribution >= 4 is 18.3 Å². The quantitative estimate of drug-likeness (QED) is 0.856. The van der Waals surface area contributed by atoms with Crippen LogP contribution in [0.3, 0.4) is 0 Å². The van der Waals surface area contributed by atoms with Crippen LogP contribution < -0.4 is 5.73 Å². The number of carbonyl (C=O) groups is 1. The SMILES string of the molecule is Cl.NC[C@H]1CC[C@@H](C(=O)N(CCc2ccccc2)C2CCCC2)O1. The molecular formula is C19H29ClN2O2. The van der Waals surface area contributed by atoms with Crippen LogP contribution in [-0.4, -0.2) is 42.1 Å². The summed E-state index contributed by atoms with van der Waals surface area (Å²) in [7, 11) is 0. The lowest BCUT2D eigenvalue weighted by molar-refractivity contribution is -0.145. The lowest BCUT2D eigenvalue weighted by Crippen LogP contribution is -2.45. The van der Waals surface area contributed by atoms with E-state index in [1.54, 1.807) is 0 Å². The van der Waals surface area contributed by atoms with Gasteiger partial charge in [0.05, 0.1) is 6.10 Å². The second kappa shape index (κ2) is 9.40. The molecule has 1 aliphatic heterocycles. The number of nitrogens with zero attached hydrogens (tertiary/aromatic N) is 1. The van der Waals surface area contributed by atoms with E-state index in [9.17, 15) is 4.79 Å². The van der Waals surface area contributed by atoms with Crippen LogP contribution in [0.2, 0.25) is 0 Å². The fraction of sp³-hybridized carbons (Fsp3) is 0.632. The first kappa shape index (κ1) is 19.2. The molecule has 2 atom stereocenters. The summed E-state index contributed by atoms with van der Waals surface area (Å²) >= 11 is 0. The van der Waals surface area contributed by atoms with Gasteiger partial charge in [-0.15, -0.1) is 12.4 Å². The summed E-state index contributed by atoms with van der Waals surface area (Å²) in [6.45, 7) is 1.30. The van der Waals surface area contributed by atoms with Crippen molar-refractivity contribution in [2.45, 2.75) is 63.2 Å². The Hall–Kier alpha value is -1.10. The van der Waals surface area contributed by atoms with E-state index in [4.69, 9.17) is 10.5 Å². The molecule has 5 heteroatoms. The number of nitrogens with two attached hydrogens (primary N) is 1. The van der Waals surface area contributed by atoms with Gasteiger partial charge in [0.1, 0.15) is 6.10 Å². The van der Waals surface area contributed by atoms with Crippen LogP contribution in [0, 0.1) is 0 Å². The van der Waals surface area contributed by atoms with E-state index in [1.807, 2.05) is 6.07 Å². The van der Waals surface area contributed by atoms with E-state index < -0.39 is 0 Å². The van der Waals surface area contributed by atoms with Crippen molar-refractivity contribution in [3.8, 4) is 0 Å². The molecule has 0 bridgehead atoms. The number of ether oxygens (including phenoxy) is 1. The van der Waals surface area contributed by atoms with Crippen LogP contribution >= 0.6 is 12.4 Å². The fourth-order valence-corrected chi connectivity index (χ4v) is 3.83. The van der Waals surface area contributed by atoms with E-state index in [0.29, 0.717) is 12.6 Å². The predicted molar refractivity (Wildman–Crippen MR) is 98.3 cm³/mol. The molecule has 2 fully saturated rings. The monoisotopic (exact) mass is 352 g/mol. The number of hydrogen-bond acceptors (Lipinski definition) is 3. The van der Waals surface area contributed by atoms with Crippen LogP contribution in [0.15, 0.2) is 30.3 Å². The third kappa shape index (κ3) is 4.71. The Kier molecular flexibility index (Phi) is 7.53. The first-order valence-corrected chi connectivity index (χ1v) is 8.98. The Labute approximate surface area is 151 Å². The minimum atomic E-state index is -0.278. The normalized spacial score (nSPS) is 23.9. The van der Waals surface area contributed by atoms with Crippen molar-refractivity contribution in [3.63, 3.8) is 0 Å². The zero-order valence-electron chi connectivity index (χ0n) is 14.2. The van der Waals surface area contributed by atoms with Crippen molar-refractivity contribution in [2.24, 2.45) is 5.73 Å². The van der Waals surface area contributed by atoms with E-state index in [2.05, 4.69) is 29.2 Å². The highest BCUT2D eigenvalue weighted by Gasteiger charge is 2.36. The number of carbonyl (C=O) groups excluding carboxylic acids is 1. The van der Waals surface area contributed by atoms with Gasteiger partial charge in [-0.1, -0.05) is 43.2 Å². The van der Waals surface area contributed by atoms with Gasteiger partial charge in [-0.3, -0.25) is 4.79 Å². The highest BCUT2D eigenvalue weighted by molar-refractivity contribution is 5.85. The third-order valence-corrected chi connectivity index (χ3v) is 5.18. The molecule has 0 radical (unpaired) electrons. The molecule has 1 saturated carbocycles.